The second-order valence-corrected chi connectivity index (χ2v) is 5.02. The van der Waals surface area contributed by atoms with Gasteiger partial charge in [-0.15, -0.1) is 0 Å². The third kappa shape index (κ3) is 2.60. The number of nitriles is 1. The normalized spacial score (nSPS) is 14.4. The van der Waals surface area contributed by atoms with Gasteiger partial charge in [0, 0.05) is 30.8 Å². The molecular weight excluding hydrogens is 274 g/mol. The summed E-state index contributed by atoms with van der Waals surface area (Å²) in [5.74, 6) is -0.526. The van der Waals surface area contributed by atoms with E-state index in [1.165, 1.54) is 0 Å². The van der Waals surface area contributed by atoms with Crippen molar-refractivity contribution in [3.63, 3.8) is 0 Å². The maximum absolute atomic E-state index is 12.0. The van der Waals surface area contributed by atoms with Gasteiger partial charge in [-0.25, -0.2) is 4.79 Å². The molecule has 1 N–H and O–H groups in total. The minimum absolute atomic E-state index is 0.195. The molecule has 106 valence electrons. The van der Waals surface area contributed by atoms with Crippen molar-refractivity contribution in [2.24, 2.45) is 0 Å². The van der Waals surface area contributed by atoms with Crippen molar-refractivity contribution in [1.29, 1.82) is 5.26 Å². The number of carbonyl (C=O) groups excluding carboxylic acids is 1. The number of fused-ring (bicyclic) bond motifs is 1. The summed E-state index contributed by atoms with van der Waals surface area (Å²) in [6.45, 7) is 6.57. The Kier molecular flexibility index (Phi) is 4.53. The van der Waals surface area contributed by atoms with Gasteiger partial charge in [-0.2, -0.15) is 5.26 Å². The fourth-order valence-corrected chi connectivity index (χ4v) is 2.75. The summed E-state index contributed by atoms with van der Waals surface area (Å²) in [7, 11) is 0. The van der Waals surface area contributed by atoms with Gasteiger partial charge >= 0.3 is 5.97 Å². The lowest BCUT2D eigenvalue weighted by atomic mass is 9.97. The summed E-state index contributed by atoms with van der Waals surface area (Å²) in [4.78, 5) is 17.3. The molecule has 0 aliphatic carbocycles. The van der Waals surface area contributed by atoms with Crippen molar-refractivity contribution in [2.75, 3.05) is 19.7 Å². The van der Waals surface area contributed by atoms with Gasteiger partial charge in [-0.05, 0) is 13.5 Å². The van der Waals surface area contributed by atoms with Crippen LogP contribution in [-0.4, -0.2) is 35.5 Å². The quantitative estimate of drug-likeness (QED) is 0.683. The Labute approximate surface area is 123 Å². The zero-order valence-corrected chi connectivity index (χ0v) is 12.5. The van der Waals surface area contributed by atoms with Crippen molar-refractivity contribution in [1.82, 2.24) is 9.88 Å². The average Bonchev–Trinajstić information content (AvgIpc) is 2.45. The molecule has 0 spiro atoms. The van der Waals surface area contributed by atoms with Crippen molar-refractivity contribution < 1.29 is 9.53 Å². The Hall–Kier alpha value is -1.71. The molecule has 0 aromatic carbocycles. The molecule has 5 nitrogen and oxygen atoms in total. The van der Waals surface area contributed by atoms with Gasteiger partial charge < -0.3 is 9.72 Å². The number of rotatable bonds is 3. The molecule has 2 rings (SSSR count). The van der Waals surface area contributed by atoms with Crippen molar-refractivity contribution in [3.8, 4) is 6.07 Å². The van der Waals surface area contributed by atoms with E-state index < -0.39 is 5.97 Å². The Morgan fingerprint density at radius 1 is 1.55 bits per heavy atom. The highest BCUT2D eigenvalue weighted by Crippen LogP contribution is 2.24. The van der Waals surface area contributed by atoms with Crippen LogP contribution in [0.5, 0.6) is 0 Å². The minimum atomic E-state index is -0.526. The highest BCUT2D eigenvalue weighted by Gasteiger charge is 2.25. The first-order valence-electron chi connectivity index (χ1n) is 6.69. The molecule has 0 saturated carbocycles. The standard InChI is InChI=1S/C14H17N3O2S/c1-3-17-6-5-11-10(8-17)9(7-15)12(13(20)16-11)14(18)19-4-2/h3-6,8H2,1-2H3,(H,16,20). The summed E-state index contributed by atoms with van der Waals surface area (Å²) in [6.07, 6.45) is 0.810. The first-order valence-corrected chi connectivity index (χ1v) is 7.10. The van der Waals surface area contributed by atoms with Gasteiger partial charge in [0.2, 0.25) is 0 Å². The molecule has 0 radical (unpaired) electrons. The third-order valence-electron chi connectivity index (χ3n) is 3.51. The number of ether oxygens (including phenoxy) is 1. The maximum atomic E-state index is 12.0. The smallest absolute Gasteiger partial charge is 0.342 e. The zero-order valence-electron chi connectivity index (χ0n) is 11.7. The van der Waals surface area contributed by atoms with Crippen LogP contribution >= 0.6 is 12.2 Å². The van der Waals surface area contributed by atoms with Gasteiger partial charge in [-0.1, -0.05) is 19.1 Å². The Morgan fingerprint density at radius 2 is 2.30 bits per heavy atom. The first-order chi connectivity index (χ1) is 9.62. The molecule has 6 heteroatoms. The van der Waals surface area contributed by atoms with Crippen LogP contribution in [0.25, 0.3) is 0 Å². The second-order valence-electron chi connectivity index (χ2n) is 4.61. The van der Waals surface area contributed by atoms with E-state index in [4.69, 9.17) is 17.0 Å². The number of hydrogen-bond donors (Lipinski definition) is 1. The molecule has 0 bridgehead atoms. The monoisotopic (exact) mass is 291 g/mol. The number of aromatic amines is 1. The number of H-pyrrole nitrogens is 1. The molecular formula is C14H17N3O2S. The van der Waals surface area contributed by atoms with Crippen LogP contribution in [0.4, 0.5) is 0 Å². The van der Waals surface area contributed by atoms with Gasteiger partial charge in [0.05, 0.1) is 12.2 Å². The topological polar surface area (TPSA) is 69.1 Å². The SMILES string of the molecule is CCOC(=O)c1c(C#N)c2c([nH]c1=S)CCN(CC)C2. The van der Waals surface area contributed by atoms with E-state index in [2.05, 4.69) is 22.9 Å². The minimum Gasteiger partial charge on any atom is -0.462 e. The molecule has 0 saturated heterocycles. The van der Waals surface area contributed by atoms with Crippen LogP contribution in [0, 0.1) is 16.0 Å². The predicted molar refractivity (Wildman–Crippen MR) is 77.0 cm³/mol. The number of esters is 1. The van der Waals surface area contributed by atoms with Gasteiger partial charge in [0.15, 0.2) is 0 Å². The summed E-state index contributed by atoms with van der Waals surface area (Å²) in [5.41, 5.74) is 2.39. The van der Waals surface area contributed by atoms with E-state index in [0.29, 0.717) is 16.7 Å². The number of pyridine rings is 1. The van der Waals surface area contributed by atoms with E-state index in [1.54, 1.807) is 6.92 Å². The van der Waals surface area contributed by atoms with Crippen LogP contribution in [-0.2, 0) is 17.7 Å². The average molecular weight is 291 g/mol. The molecule has 0 unspecified atom stereocenters. The number of carbonyl (C=O) groups is 1. The van der Waals surface area contributed by atoms with E-state index in [0.717, 1.165) is 30.8 Å². The third-order valence-corrected chi connectivity index (χ3v) is 3.81. The Balaban J connectivity index is 2.58. The molecule has 1 aromatic rings. The fraction of sp³-hybridized carbons (Fsp3) is 0.500. The van der Waals surface area contributed by atoms with Crippen molar-refractivity contribution in [3.05, 3.63) is 27.0 Å². The largest absolute Gasteiger partial charge is 0.462 e. The number of nitrogens with one attached hydrogen (secondary N) is 1. The maximum Gasteiger partial charge on any atom is 0.342 e. The van der Waals surface area contributed by atoms with Gasteiger partial charge in [-0.3, -0.25) is 4.90 Å². The molecule has 20 heavy (non-hydrogen) atoms. The molecule has 0 fully saturated rings. The van der Waals surface area contributed by atoms with Crippen LogP contribution in [0.1, 0.15) is 41.0 Å². The van der Waals surface area contributed by atoms with Gasteiger partial charge in [0.1, 0.15) is 16.3 Å². The molecule has 1 aliphatic heterocycles. The lowest BCUT2D eigenvalue weighted by Crippen LogP contribution is -2.32. The highest BCUT2D eigenvalue weighted by molar-refractivity contribution is 7.71. The van der Waals surface area contributed by atoms with Crippen LogP contribution < -0.4 is 0 Å². The van der Waals surface area contributed by atoms with Crippen LogP contribution in [0.2, 0.25) is 0 Å². The predicted octanol–water partition coefficient (Wildman–Crippen LogP) is 2.17. The Morgan fingerprint density at radius 3 is 2.90 bits per heavy atom. The molecule has 0 amide bonds. The summed E-state index contributed by atoms with van der Waals surface area (Å²) in [6, 6.07) is 2.13. The van der Waals surface area contributed by atoms with Crippen LogP contribution in [0.3, 0.4) is 0 Å². The summed E-state index contributed by atoms with van der Waals surface area (Å²) >= 11 is 5.22. The fourth-order valence-electron chi connectivity index (χ4n) is 2.44. The van der Waals surface area contributed by atoms with Crippen molar-refractivity contribution >= 4 is 18.2 Å². The number of aromatic nitrogens is 1. The number of likely N-dealkylation sites (N-methyl/N-ethyl adjacent to an activating group) is 1. The zero-order chi connectivity index (χ0) is 14.7. The molecule has 1 aliphatic rings. The summed E-state index contributed by atoms with van der Waals surface area (Å²) < 4.78 is 5.30. The van der Waals surface area contributed by atoms with E-state index in [1.807, 2.05) is 0 Å². The van der Waals surface area contributed by atoms with Crippen LogP contribution in [0.15, 0.2) is 0 Å². The first kappa shape index (κ1) is 14.7. The highest BCUT2D eigenvalue weighted by atomic mass is 32.1. The number of hydrogen-bond acceptors (Lipinski definition) is 5. The molecule has 1 aromatic heterocycles. The van der Waals surface area contributed by atoms with E-state index in [9.17, 15) is 10.1 Å². The lowest BCUT2D eigenvalue weighted by molar-refractivity contribution is 0.0524. The summed E-state index contributed by atoms with van der Waals surface area (Å²) in [5, 5.41) is 9.44. The molecule has 2 heterocycles. The van der Waals surface area contributed by atoms with E-state index >= 15 is 0 Å². The van der Waals surface area contributed by atoms with Gasteiger partial charge in [0.25, 0.3) is 0 Å². The lowest BCUT2D eigenvalue weighted by Gasteiger charge is -2.28. The second kappa shape index (κ2) is 6.16. The van der Waals surface area contributed by atoms with Crippen molar-refractivity contribution in [2.45, 2.75) is 26.8 Å². The van der Waals surface area contributed by atoms with E-state index in [-0.39, 0.29) is 12.2 Å². The Bertz CT molecular complexity index is 631. The number of nitrogens with zero attached hydrogens (tertiary/aromatic N) is 2. The molecule has 0 atom stereocenters.